The fourth-order valence-corrected chi connectivity index (χ4v) is 8.18. The molecular weight excluding hydrogens is 877 g/mol. The molecule has 0 bridgehead atoms. The number of aliphatic hydroxyl groups excluding tert-OH is 7. The first-order valence-corrected chi connectivity index (χ1v) is 26.6. The summed E-state index contributed by atoms with van der Waals surface area (Å²) in [7, 11) is 0. The van der Waals surface area contributed by atoms with Crippen LogP contribution in [0.4, 0.5) is 0 Å². The highest BCUT2D eigenvalue weighted by atomic mass is 16.7. The first-order chi connectivity index (χ1) is 33.0. The maximum absolute atomic E-state index is 13.0. The van der Waals surface area contributed by atoms with Gasteiger partial charge in [-0.15, -0.1) is 0 Å². The fourth-order valence-electron chi connectivity index (χ4n) is 8.18. The van der Waals surface area contributed by atoms with Crippen LogP contribution in [0.15, 0.2) is 36.5 Å². The molecule has 68 heavy (non-hydrogen) atoms. The Morgan fingerprint density at radius 3 is 1.41 bits per heavy atom. The van der Waals surface area contributed by atoms with Crippen molar-refractivity contribution in [2.24, 2.45) is 0 Å². The molecule has 0 aromatic rings. The molecule has 15 heteroatoms. The molecule has 2 aliphatic rings. The highest BCUT2D eigenvalue weighted by Crippen LogP contribution is 2.26. The number of esters is 2. The van der Waals surface area contributed by atoms with Gasteiger partial charge in [0.2, 0.25) is 0 Å². The minimum absolute atomic E-state index is 0.149. The number of hydrogen-bond donors (Lipinski definition) is 7. The van der Waals surface area contributed by atoms with Gasteiger partial charge in [0.1, 0.15) is 55.4 Å². The lowest BCUT2D eigenvalue weighted by molar-refractivity contribution is -0.332. The third-order valence-electron chi connectivity index (χ3n) is 12.6. The van der Waals surface area contributed by atoms with Gasteiger partial charge in [-0.25, -0.2) is 0 Å². The van der Waals surface area contributed by atoms with Crippen LogP contribution < -0.4 is 0 Å². The molecule has 11 atom stereocenters. The quantitative estimate of drug-likeness (QED) is 0.0177. The number of allylic oxidation sites excluding steroid dienone is 6. The van der Waals surface area contributed by atoms with Gasteiger partial charge in [-0.3, -0.25) is 9.59 Å². The monoisotopic (exact) mass is 971 g/mol. The summed E-state index contributed by atoms with van der Waals surface area (Å²) in [6.45, 7) is 2.55. The maximum Gasteiger partial charge on any atom is 0.306 e. The van der Waals surface area contributed by atoms with E-state index in [0.29, 0.717) is 12.8 Å². The summed E-state index contributed by atoms with van der Waals surface area (Å²) in [5, 5.41) is 72.1. The number of carbonyl (C=O) groups excluding carboxylic acids is 2. The number of ether oxygens (including phenoxy) is 6. The highest BCUT2D eigenvalue weighted by Gasteiger charge is 2.47. The number of aliphatic hydroxyl groups is 7. The zero-order valence-corrected chi connectivity index (χ0v) is 41.8. The SMILES string of the molecule is CCCCC/C=C\C/C=C\CCCCCCCC(=O)OC(COC(=O)CCCCCCCCC/C=C\CCCCCCCC)COC1OC(COC2OC(CO)C(O)C(O)C2O)C(O)C(O)C1O. The van der Waals surface area contributed by atoms with Crippen molar-refractivity contribution in [1.82, 2.24) is 0 Å². The van der Waals surface area contributed by atoms with E-state index in [1.54, 1.807) is 0 Å². The van der Waals surface area contributed by atoms with Gasteiger partial charge >= 0.3 is 11.9 Å². The van der Waals surface area contributed by atoms with E-state index in [9.17, 15) is 45.3 Å². The van der Waals surface area contributed by atoms with Crippen molar-refractivity contribution in [2.75, 3.05) is 26.4 Å². The van der Waals surface area contributed by atoms with Crippen LogP contribution in [0.5, 0.6) is 0 Å². The van der Waals surface area contributed by atoms with Crippen molar-refractivity contribution in [3.8, 4) is 0 Å². The lowest BCUT2D eigenvalue weighted by Gasteiger charge is -2.42. The van der Waals surface area contributed by atoms with Crippen molar-refractivity contribution in [3.63, 3.8) is 0 Å². The van der Waals surface area contributed by atoms with Crippen LogP contribution in [0.1, 0.15) is 194 Å². The molecular formula is C53H94O15. The van der Waals surface area contributed by atoms with Gasteiger partial charge in [-0.1, -0.05) is 147 Å². The molecule has 7 N–H and O–H groups in total. The maximum atomic E-state index is 13.0. The predicted molar refractivity (Wildman–Crippen MR) is 261 cm³/mol. The molecule has 0 radical (unpaired) electrons. The zero-order valence-electron chi connectivity index (χ0n) is 41.8. The minimum Gasteiger partial charge on any atom is -0.462 e. The lowest BCUT2D eigenvalue weighted by atomic mass is 9.98. The molecule has 2 heterocycles. The summed E-state index contributed by atoms with van der Waals surface area (Å²) < 4.78 is 33.6. The predicted octanol–water partition coefficient (Wildman–Crippen LogP) is 7.71. The van der Waals surface area contributed by atoms with E-state index in [0.717, 1.165) is 70.6 Å². The average molecular weight is 971 g/mol. The molecule has 2 fully saturated rings. The second-order valence-corrected chi connectivity index (χ2v) is 18.7. The van der Waals surface area contributed by atoms with Crippen LogP contribution >= 0.6 is 0 Å². The molecule has 0 aromatic carbocycles. The Morgan fingerprint density at radius 2 is 0.882 bits per heavy atom. The zero-order chi connectivity index (χ0) is 49.6. The lowest BCUT2D eigenvalue weighted by Crippen LogP contribution is -2.61. The second kappa shape index (κ2) is 40.3. The van der Waals surface area contributed by atoms with Crippen molar-refractivity contribution in [3.05, 3.63) is 36.5 Å². The molecule has 0 amide bonds. The standard InChI is InChI=1S/C53H94O15/c1-3-5-7-9-11-13-15-17-19-20-22-23-25-27-29-31-33-35-44(55)63-38-41(66-45(56)36-34-32-30-28-26-24-21-18-16-14-12-10-8-6-4-2)39-64-52-51(62)49(60)47(58)43(68-52)40-65-53-50(61)48(59)46(57)42(37-54)67-53/h12,14,17-19,21,41-43,46-54,57-62H,3-11,13,15-16,20,22-40H2,1-2H3/b14-12-,19-17-,21-18-. The molecule has 2 saturated heterocycles. The van der Waals surface area contributed by atoms with Crippen molar-refractivity contribution < 1.29 is 73.8 Å². The Bertz CT molecular complexity index is 1330. The molecule has 0 aromatic heterocycles. The van der Waals surface area contributed by atoms with E-state index in [2.05, 4.69) is 50.3 Å². The first-order valence-electron chi connectivity index (χ1n) is 26.6. The largest absolute Gasteiger partial charge is 0.462 e. The van der Waals surface area contributed by atoms with Crippen LogP contribution in [-0.4, -0.2) is 142 Å². The fraction of sp³-hybridized carbons (Fsp3) is 0.849. The normalized spacial score (nSPS) is 26.0. The van der Waals surface area contributed by atoms with Gasteiger partial charge in [0.15, 0.2) is 18.7 Å². The van der Waals surface area contributed by atoms with Crippen LogP contribution in [0.2, 0.25) is 0 Å². The van der Waals surface area contributed by atoms with Gasteiger partial charge in [-0.2, -0.15) is 0 Å². The molecule has 0 spiro atoms. The number of carbonyl (C=O) groups is 2. The summed E-state index contributed by atoms with van der Waals surface area (Å²) in [6.07, 6.45) is 25.9. The van der Waals surface area contributed by atoms with Crippen LogP contribution in [0, 0.1) is 0 Å². The molecule has 396 valence electrons. The first kappa shape index (κ1) is 61.8. The molecule has 0 saturated carbocycles. The van der Waals surface area contributed by atoms with Gasteiger partial charge < -0.3 is 64.2 Å². The smallest absolute Gasteiger partial charge is 0.306 e. The molecule has 11 unspecified atom stereocenters. The Labute approximate surface area is 408 Å². The Kier molecular flexibility index (Phi) is 36.7. The van der Waals surface area contributed by atoms with Gasteiger partial charge in [-0.05, 0) is 70.6 Å². The molecule has 0 aliphatic carbocycles. The van der Waals surface area contributed by atoms with Crippen molar-refractivity contribution in [1.29, 1.82) is 0 Å². The van der Waals surface area contributed by atoms with E-state index < -0.39 is 92.7 Å². The van der Waals surface area contributed by atoms with Gasteiger partial charge in [0, 0.05) is 12.8 Å². The number of rotatable bonds is 41. The molecule has 2 rings (SSSR count). The number of unbranched alkanes of at least 4 members (excludes halogenated alkanes) is 21. The Balaban J connectivity index is 1.80. The third-order valence-corrected chi connectivity index (χ3v) is 12.6. The van der Waals surface area contributed by atoms with Crippen molar-refractivity contribution >= 4 is 11.9 Å². The number of hydrogen-bond acceptors (Lipinski definition) is 15. The van der Waals surface area contributed by atoms with Crippen molar-refractivity contribution in [2.45, 2.75) is 261 Å². The van der Waals surface area contributed by atoms with E-state index in [1.165, 1.54) is 83.5 Å². The second-order valence-electron chi connectivity index (χ2n) is 18.7. The summed E-state index contributed by atoms with van der Waals surface area (Å²) >= 11 is 0. The van der Waals surface area contributed by atoms with E-state index >= 15 is 0 Å². The minimum atomic E-state index is -1.77. The van der Waals surface area contributed by atoms with E-state index in [4.69, 9.17) is 28.4 Å². The van der Waals surface area contributed by atoms with E-state index in [-0.39, 0.29) is 26.1 Å². The van der Waals surface area contributed by atoms with E-state index in [1.807, 2.05) is 0 Å². The molecule has 2 aliphatic heterocycles. The Morgan fingerprint density at radius 1 is 0.471 bits per heavy atom. The molecule has 15 nitrogen and oxygen atoms in total. The third kappa shape index (κ3) is 27.9. The summed E-state index contributed by atoms with van der Waals surface area (Å²) in [4.78, 5) is 25.8. The summed E-state index contributed by atoms with van der Waals surface area (Å²) in [5.74, 6) is -0.943. The highest BCUT2D eigenvalue weighted by molar-refractivity contribution is 5.70. The summed E-state index contributed by atoms with van der Waals surface area (Å²) in [6, 6.07) is 0. The van der Waals surface area contributed by atoms with Crippen LogP contribution in [0.25, 0.3) is 0 Å². The average Bonchev–Trinajstić information content (AvgIpc) is 3.33. The van der Waals surface area contributed by atoms with Crippen LogP contribution in [-0.2, 0) is 38.0 Å². The Hall–Kier alpha value is -2.28. The summed E-state index contributed by atoms with van der Waals surface area (Å²) in [5.41, 5.74) is 0. The van der Waals surface area contributed by atoms with Gasteiger partial charge in [0.05, 0.1) is 19.8 Å². The van der Waals surface area contributed by atoms with Crippen LogP contribution in [0.3, 0.4) is 0 Å². The van der Waals surface area contributed by atoms with Gasteiger partial charge in [0.25, 0.3) is 0 Å². The topological polar surface area (TPSA) is 231 Å².